The minimum atomic E-state index is 0.461. The van der Waals surface area contributed by atoms with E-state index in [0.29, 0.717) is 5.82 Å². The number of hydrogen-bond acceptors (Lipinski definition) is 3. The average Bonchev–Trinajstić information content (AvgIpc) is 2.49. The van der Waals surface area contributed by atoms with E-state index in [0.717, 1.165) is 15.9 Å². The van der Waals surface area contributed by atoms with Gasteiger partial charge in [0.25, 0.3) is 0 Å². The van der Waals surface area contributed by atoms with Crippen molar-refractivity contribution >= 4 is 21.7 Å². The highest BCUT2D eigenvalue weighted by Gasteiger charge is 2.09. The van der Waals surface area contributed by atoms with Gasteiger partial charge in [0.05, 0.1) is 11.4 Å². The normalized spacial score (nSPS) is 10.6. The highest BCUT2D eigenvalue weighted by Crippen LogP contribution is 2.23. The molecule has 2 aromatic rings. The van der Waals surface area contributed by atoms with Gasteiger partial charge in [0.2, 0.25) is 0 Å². The van der Waals surface area contributed by atoms with Crippen molar-refractivity contribution in [3.05, 3.63) is 33.9 Å². The second-order valence-electron chi connectivity index (χ2n) is 3.43. The number of aromatic nitrogens is 3. The summed E-state index contributed by atoms with van der Waals surface area (Å²) in [5, 5.41) is 7.81. The van der Waals surface area contributed by atoms with E-state index in [1.807, 2.05) is 32.0 Å². The molecular formula is C10H11BrN4. The first-order chi connectivity index (χ1) is 7.09. The summed E-state index contributed by atoms with van der Waals surface area (Å²) >= 11 is 3.50. The molecule has 1 aromatic heterocycles. The maximum Gasteiger partial charge on any atom is 0.169 e. The zero-order chi connectivity index (χ0) is 11.0. The summed E-state index contributed by atoms with van der Waals surface area (Å²) in [7, 11) is 0. The molecular weight excluding hydrogens is 256 g/mol. The molecule has 0 amide bonds. The molecule has 0 aliphatic heterocycles. The number of hydrogen-bond donors (Lipinski definition) is 1. The van der Waals surface area contributed by atoms with Crippen LogP contribution in [0.1, 0.15) is 11.3 Å². The molecule has 0 unspecified atom stereocenters. The van der Waals surface area contributed by atoms with Gasteiger partial charge in [0, 0.05) is 4.47 Å². The number of anilines is 1. The van der Waals surface area contributed by atoms with Crippen LogP contribution >= 0.6 is 15.9 Å². The third-order valence-electron chi connectivity index (χ3n) is 2.26. The Bertz CT molecular complexity index is 504. The highest BCUT2D eigenvalue weighted by atomic mass is 79.9. The van der Waals surface area contributed by atoms with Crippen LogP contribution in [0.15, 0.2) is 22.7 Å². The molecule has 78 valence electrons. The van der Waals surface area contributed by atoms with Crippen LogP contribution in [0, 0.1) is 13.8 Å². The van der Waals surface area contributed by atoms with Gasteiger partial charge >= 0.3 is 0 Å². The Morgan fingerprint density at radius 1 is 1.33 bits per heavy atom. The number of benzene rings is 1. The van der Waals surface area contributed by atoms with Gasteiger partial charge < -0.3 is 5.73 Å². The summed E-state index contributed by atoms with van der Waals surface area (Å²) < 4.78 is 2.70. The van der Waals surface area contributed by atoms with E-state index < -0.39 is 0 Å². The number of nitrogen functional groups attached to an aromatic ring is 1. The lowest BCUT2D eigenvalue weighted by molar-refractivity contribution is 0.782. The zero-order valence-electron chi connectivity index (χ0n) is 8.53. The lowest BCUT2D eigenvalue weighted by Crippen LogP contribution is -2.00. The van der Waals surface area contributed by atoms with Crippen molar-refractivity contribution in [1.82, 2.24) is 15.0 Å². The number of halogens is 1. The van der Waals surface area contributed by atoms with Crippen LogP contribution in [0.4, 0.5) is 5.82 Å². The number of rotatable bonds is 1. The quantitative estimate of drug-likeness (QED) is 0.861. The van der Waals surface area contributed by atoms with Crippen LogP contribution in [-0.4, -0.2) is 15.0 Å². The monoisotopic (exact) mass is 266 g/mol. The van der Waals surface area contributed by atoms with E-state index in [-0.39, 0.29) is 0 Å². The third-order valence-corrected chi connectivity index (χ3v) is 2.90. The maximum atomic E-state index is 5.65. The zero-order valence-corrected chi connectivity index (χ0v) is 10.1. The fraction of sp³-hybridized carbons (Fsp3) is 0.200. The summed E-state index contributed by atoms with van der Waals surface area (Å²) in [5.74, 6) is 0.461. The molecule has 2 rings (SSSR count). The van der Waals surface area contributed by atoms with Gasteiger partial charge in [-0.2, -0.15) is 0 Å². The van der Waals surface area contributed by atoms with Crippen LogP contribution in [-0.2, 0) is 0 Å². The summed E-state index contributed by atoms with van der Waals surface area (Å²) in [6, 6.07) is 6.05. The summed E-state index contributed by atoms with van der Waals surface area (Å²) in [6.07, 6.45) is 0. The van der Waals surface area contributed by atoms with Crippen LogP contribution < -0.4 is 5.73 Å². The van der Waals surface area contributed by atoms with Gasteiger partial charge in [0.1, 0.15) is 0 Å². The van der Waals surface area contributed by atoms with Crippen LogP contribution in [0.3, 0.4) is 0 Å². The van der Waals surface area contributed by atoms with E-state index in [4.69, 9.17) is 5.73 Å². The van der Waals surface area contributed by atoms with Gasteiger partial charge in [-0.25, -0.2) is 4.68 Å². The van der Waals surface area contributed by atoms with Gasteiger partial charge in [-0.1, -0.05) is 11.3 Å². The molecule has 0 aliphatic rings. The molecule has 0 bridgehead atoms. The molecule has 5 heteroatoms. The summed E-state index contributed by atoms with van der Waals surface area (Å²) in [5.41, 5.74) is 8.63. The van der Waals surface area contributed by atoms with E-state index in [9.17, 15) is 0 Å². The summed E-state index contributed by atoms with van der Waals surface area (Å²) in [4.78, 5) is 0. The van der Waals surface area contributed by atoms with Crippen molar-refractivity contribution in [3.63, 3.8) is 0 Å². The Balaban J connectivity index is 2.59. The van der Waals surface area contributed by atoms with E-state index >= 15 is 0 Å². The fourth-order valence-corrected chi connectivity index (χ4v) is 2.01. The highest BCUT2D eigenvalue weighted by molar-refractivity contribution is 9.10. The van der Waals surface area contributed by atoms with Crippen molar-refractivity contribution < 1.29 is 0 Å². The van der Waals surface area contributed by atoms with Gasteiger partial charge in [-0.3, -0.25) is 0 Å². The van der Waals surface area contributed by atoms with Crippen molar-refractivity contribution in [3.8, 4) is 5.69 Å². The van der Waals surface area contributed by atoms with Crippen LogP contribution in [0.5, 0.6) is 0 Å². The molecule has 4 nitrogen and oxygen atoms in total. The Hall–Kier alpha value is -1.36. The lowest BCUT2D eigenvalue weighted by Gasteiger charge is -2.06. The SMILES string of the molecule is Cc1ccc(-n2nnc(N)c2C)c(Br)c1. The molecule has 0 fully saturated rings. The first kappa shape index (κ1) is 10.2. The van der Waals surface area contributed by atoms with Crippen molar-refractivity contribution in [2.24, 2.45) is 0 Å². The predicted molar refractivity (Wildman–Crippen MR) is 62.9 cm³/mol. The molecule has 0 spiro atoms. The molecule has 0 radical (unpaired) electrons. The van der Waals surface area contributed by atoms with E-state index in [1.54, 1.807) is 4.68 Å². The van der Waals surface area contributed by atoms with Crippen molar-refractivity contribution in [2.45, 2.75) is 13.8 Å². The summed E-state index contributed by atoms with van der Waals surface area (Å²) in [6.45, 7) is 3.93. The Morgan fingerprint density at radius 2 is 2.07 bits per heavy atom. The second kappa shape index (κ2) is 3.66. The van der Waals surface area contributed by atoms with Gasteiger partial charge in [-0.15, -0.1) is 5.10 Å². The van der Waals surface area contributed by atoms with Crippen LogP contribution in [0.2, 0.25) is 0 Å². The largest absolute Gasteiger partial charge is 0.381 e. The molecule has 0 aliphatic carbocycles. The van der Waals surface area contributed by atoms with Crippen molar-refractivity contribution in [1.29, 1.82) is 0 Å². The lowest BCUT2D eigenvalue weighted by atomic mass is 10.2. The van der Waals surface area contributed by atoms with Crippen molar-refractivity contribution in [2.75, 3.05) is 5.73 Å². The van der Waals surface area contributed by atoms with Gasteiger partial charge in [0.15, 0.2) is 5.82 Å². The Morgan fingerprint density at radius 3 is 2.60 bits per heavy atom. The maximum absolute atomic E-state index is 5.65. The van der Waals surface area contributed by atoms with E-state index in [2.05, 4.69) is 26.2 Å². The number of aryl methyl sites for hydroxylation is 1. The van der Waals surface area contributed by atoms with Gasteiger partial charge in [-0.05, 0) is 47.5 Å². The molecule has 1 aromatic carbocycles. The minimum Gasteiger partial charge on any atom is -0.381 e. The minimum absolute atomic E-state index is 0.461. The first-order valence-electron chi connectivity index (χ1n) is 4.54. The second-order valence-corrected chi connectivity index (χ2v) is 4.28. The number of nitrogens with zero attached hydrogens (tertiary/aromatic N) is 3. The smallest absolute Gasteiger partial charge is 0.169 e. The fourth-order valence-electron chi connectivity index (χ4n) is 1.35. The Kier molecular flexibility index (Phi) is 2.48. The standard InChI is InChI=1S/C10H11BrN4/c1-6-3-4-9(8(11)5-6)15-7(2)10(12)13-14-15/h3-5H,12H2,1-2H3. The molecule has 0 saturated heterocycles. The number of nitrogens with two attached hydrogens (primary N) is 1. The first-order valence-corrected chi connectivity index (χ1v) is 5.33. The average molecular weight is 267 g/mol. The molecule has 0 atom stereocenters. The van der Waals surface area contributed by atoms with Crippen LogP contribution in [0.25, 0.3) is 5.69 Å². The predicted octanol–water partition coefficient (Wildman–Crippen LogP) is 2.23. The third kappa shape index (κ3) is 1.74. The molecule has 15 heavy (non-hydrogen) atoms. The molecule has 1 heterocycles. The van der Waals surface area contributed by atoms with E-state index in [1.165, 1.54) is 5.56 Å². The topological polar surface area (TPSA) is 56.7 Å². The molecule has 2 N–H and O–H groups in total. The Labute approximate surface area is 96.2 Å². The molecule has 0 saturated carbocycles.